The zero-order valence-electron chi connectivity index (χ0n) is 16.5. The van der Waals surface area contributed by atoms with Gasteiger partial charge in [-0.25, -0.2) is 4.98 Å². The summed E-state index contributed by atoms with van der Waals surface area (Å²) in [5, 5.41) is 0.747. The average Bonchev–Trinajstić information content (AvgIpc) is 3.17. The highest BCUT2D eigenvalue weighted by Gasteiger charge is 2.20. The molecule has 0 atom stereocenters. The number of hydrogen-bond donors (Lipinski definition) is 0. The molecule has 30 heavy (non-hydrogen) atoms. The highest BCUT2D eigenvalue weighted by Crippen LogP contribution is 2.32. The van der Waals surface area contributed by atoms with Gasteiger partial charge in [-0.3, -0.25) is 9.69 Å². The molecule has 1 aromatic heterocycles. The number of thioether (sulfide) groups is 1. The molecule has 0 saturated heterocycles. The van der Waals surface area contributed by atoms with Gasteiger partial charge in [0.05, 0.1) is 16.8 Å². The molecule has 0 spiro atoms. The second-order valence-corrected chi connectivity index (χ2v) is 10.1. The molecule has 0 aliphatic carbocycles. The fourth-order valence-electron chi connectivity index (χ4n) is 3.06. The van der Waals surface area contributed by atoms with Crippen LogP contribution < -0.4 is 4.90 Å². The van der Waals surface area contributed by atoms with Gasteiger partial charge in [-0.05, 0) is 42.8 Å². The standard InChI is InChI=1S/C24H21BrN2OS2/c1-17-7-10-20(11-8-17)29-14-13-23(28)27(16-18-5-3-2-4-6-18)24-26-21-12-9-19(25)15-22(21)30-24/h2-12,15H,13-14,16H2,1H3. The van der Waals surface area contributed by atoms with Gasteiger partial charge in [0.2, 0.25) is 5.91 Å². The van der Waals surface area contributed by atoms with Crippen molar-refractivity contribution in [3.05, 3.63) is 88.4 Å². The second-order valence-electron chi connectivity index (χ2n) is 6.99. The molecule has 0 unspecified atom stereocenters. The van der Waals surface area contributed by atoms with Crippen molar-refractivity contribution in [2.45, 2.75) is 24.8 Å². The second kappa shape index (κ2) is 9.77. The lowest BCUT2D eigenvalue weighted by Gasteiger charge is -2.20. The summed E-state index contributed by atoms with van der Waals surface area (Å²) in [6.45, 7) is 2.60. The first-order chi connectivity index (χ1) is 14.6. The van der Waals surface area contributed by atoms with Crippen LogP contribution in [0.3, 0.4) is 0 Å². The van der Waals surface area contributed by atoms with E-state index in [1.165, 1.54) is 10.5 Å². The molecule has 4 aromatic rings. The monoisotopic (exact) mass is 496 g/mol. The van der Waals surface area contributed by atoms with Crippen LogP contribution in [-0.4, -0.2) is 16.6 Å². The first-order valence-corrected chi connectivity index (χ1v) is 12.3. The number of benzene rings is 3. The number of anilines is 1. The predicted octanol–water partition coefficient (Wildman–Crippen LogP) is 7.08. The molecule has 0 bridgehead atoms. The van der Waals surface area contributed by atoms with Crippen LogP contribution in [0, 0.1) is 6.92 Å². The molecule has 3 nitrogen and oxygen atoms in total. The first-order valence-electron chi connectivity index (χ1n) is 9.68. The average molecular weight is 497 g/mol. The number of carbonyl (C=O) groups excluding carboxylic acids is 1. The van der Waals surface area contributed by atoms with Crippen LogP contribution >= 0.6 is 39.0 Å². The highest BCUT2D eigenvalue weighted by atomic mass is 79.9. The van der Waals surface area contributed by atoms with Gasteiger partial charge in [0.15, 0.2) is 5.13 Å². The van der Waals surface area contributed by atoms with Crippen molar-refractivity contribution in [2.75, 3.05) is 10.7 Å². The normalized spacial score (nSPS) is 11.0. The molecule has 6 heteroatoms. The number of halogens is 1. The molecule has 0 fully saturated rings. The number of aromatic nitrogens is 1. The predicted molar refractivity (Wildman–Crippen MR) is 131 cm³/mol. The van der Waals surface area contributed by atoms with Crippen LogP contribution in [0.15, 0.2) is 82.2 Å². The van der Waals surface area contributed by atoms with Crippen LogP contribution in [0.25, 0.3) is 10.2 Å². The molecule has 1 amide bonds. The van der Waals surface area contributed by atoms with E-state index in [0.717, 1.165) is 31.1 Å². The number of carbonyl (C=O) groups is 1. The van der Waals surface area contributed by atoms with Gasteiger partial charge < -0.3 is 0 Å². The Bertz CT molecular complexity index is 1140. The zero-order valence-corrected chi connectivity index (χ0v) is 19.8. The number of fused-ring (bicyclic) bond motifs is 1. The summed E-state index contributed by atoms with van der Waals surface area (Å²) < 4.78 is 2.08. The Morgan fingerprint density at radius 3 is 2.60 bits per heavy atom. The van der Waals surface area contributed by atoms with E-state index in [-0.39, 0.29) is 5.91 Å². The topological polar surface area (TPSA) is 33.2 Å². The smallest absolute Gasteiger partial charge is 0.229 e. The van der Waals surface area contributed by atoms with E-state index in [1.807, 2.05) is 47.4 Å². The van der Waals surface area contributed by atoms with Crippen LogP contribution in [0.5, 0.6) is 0 Å². The molecular formula is C24H21BrN2OS2. The van der Waals surface area contributed by atoms with Crippen molar-refractivity contribution in [3.8, 4) is 0 Å². The Kier molecular flexibility index (Phi) is 6.87. The van der Waals surface area contributed by atoms with Crippen LogP contribution in [0.2, 0.25) is 0 Å². The fourth-order valence-corrected chi connectivity index (χ4v) is 5.43. The first kappa shape index (κ1) is 21.1. The van der Waals surface area contributed by atoms with Crippen LogP contribution in [0.4, 0.5) is 5.13 Å². The molecule has 0 radical (unpaired) electrons. The summed E-state index contributed by atoms with van der Waals surface area (Å²) in [4.78, 5) is 21.0. The fraction of sp³-hybridized carbons (Fsp3) is 0.167. The lowest BCUT2D eigenvalue weighted by atomic mass is 10.2. The number of aryl methyl sites for hydroxylation is 1. The van der Waals surface area contributed by atoms with Crippen molar-refractivity contribution in [1.82, 2.24) is 4.98 Å². The third kappa shape index (κ3) is 5.31. The zero-order chi connectivity index (χ0) is 20.9. The van der Waals surface area contributed by atoms with E-state index < -0.39 is 0 Å². The van der Waals surface area contributed by atoms with E-state index in [2.05, 4.69) is 53.2 Å². The maximum Gasteiger partial charge on any atom is 0.229 e. The minimum absolute atomic E-state index is 0.0941. The summed E-state index contributed by atoms with van der Waals surface area (Å²) >= 11 is 6.79. The van der Waals surface area contributed by atoms with Gasteiger partial charge in [-0.1, -0.05) is 75.3 Å². The van der Waals surface area contributed by atoms with Crippen LogP contribution in [-0.2, 0) is 11.3 Å². The Morgan fingerprint density at radius 1 is 1.07 bits per heavy atom. The van der Waals surface area contributed by atoms with Crippen LogP contribution in [0.1, 0.15) is 17.5 Å². The van der Waals surface area contributed by atoms with Crippen molar-refractivity contribution < 1.29 is 4.79 Å². The summed E-state index contributed by atoms with van der Waals surface area (Å²) in [5.74, 6) is 0.834. The molecular weight excluding hydrogens is 476 g/mol. The van der Waals surface area contributed by atoms with E-state index >= 15 is 0 Å². The minimum atomic E-state index is 0.0941. The lowest BCUT2D eigenvalue weighted by Crippen LogP contribution is -2.30. The summed E-state index contributed by atoms with van der Waals surface area (Å²) in [6, 6.07) is 24.5. The number of rotatable bonds is 7. The van der Waals surface area contributed by atoms with E-state index in [1.54, 1.807) is 23.1 Å². The molecule has 4 rings (SSSR count). The Labute approximate surface area is 193 Å². The van der Waals surface area contributed by atoms with E-state index in [4.69, 9.17) is 4.98 Å². The maximum absolute atomic E-state index is 13.2. The Balaban J connectivity index is 1.52. The molecule has 152 valence electrons. The Morgan fingerprint density at radius 2 is 1.83 bits per heavy atom. The summed E-state index contributed by atoms with van der Waals surface area (Å²) in [7, 11) is 0. The van der Waals surface area contributed by atoms with Gasteiger partial charge in [0, 0.05) is 21.5 Å². The minimum Gasteiger partial charge on any atom is -0.284 e. The van der Waals surface area contributed by atoms with Crippen molar-refractivity contribution in [3.63, 3.8) is 0 Å². The third-order valence-electron chi connectivity index (χ3n) is 4.66. The largest absolute Gasteiger partial charge is 0.284 e. The molecule has 1 heterocycles. The molecule has 0 N–H and O–H groups in total. The summed E-state index contributed by atoms with van der Waals surface area (Å²) in [6.07, 6.45) is 0.463. The van der Waals surface area contributed by atoms with Crippen molar-refractivity contribution >= 4 is 60.3 Å². The number of thiazole rings is 1. The van der Waals surface area contributed by atoms with E-state index in [0.29, 0.717) is 13.0 Å². The number of nitrogens with zero attached hydrogens (tertiary/aromatic N) is 2. The summed E-state index contributed by atoms with van der Waals surface area (Å²) in [5.41, 5.74) is 3.25. The van der Waals surface area contributed by atoms with Crippen molar-refractivity contribution in [1.29, 1.82) is 0 Å². The number of amides is 1. The molecule has 3 aromatic carbocycles. The van der Waals surface area contributed by atoms with Gasteiger partial charge in [-0.15, -0.1) is 11.8 Å². The molecule has 0 saturated carbocycles. The van der Waals surface area contributed by atoms with Gasteiger partial charge in [-0.2, -0.15) is 0 Å². The SMILES string of the molecule is Cc1ccc(SCCC(=O)N(Cc2ccccc2)c2nc3ccc(Br)cc3s2)cc1. The van der Waals surface area contributed by atoms with Gasteiger partial charge in [0.1, 0.15) is 0 Å². The Hall–Kier alpha value is -2.15. The maximum atomic E-state index is 13.2. The number of hydrogen-bond acceptors (Lipinski definition) is 4. The molecule has 0 aliphatic rings. The lowest BCUT2D eigenvalue weighted by molar-refractivity contribution is -0.118. The highest BCUT2D eigenvalue weighted by molar-refractivity contribution is 9.10. The van der Waals surface area contributed by atoms with E-state index in [9.17, 15) is 4.79 Å². The third-order valence-corrected chi connectivity index (χ3v) is 7.21. The quantitative estimate of drug-likeness (QED) is 0.256. The molecule has 0 aliphatic heterocycles. The van der Waals surface area contributed by atoms with Gasteiger partial charge in [0.25, 0.3) is 0 Å². The van der Waals surface area contributed by atoms with Crippen molar-refractivity contribution in [2.24, 2.45) is 0 Å². The van der Waals surface area contributed by atoms with Gasteiger partial charge >= 0.3 is 0 Å².